The minimum Gasteiger partial charge on any atom is -0.385 e. The van der Waals surface area contributed by atoms with Gasteiger partial charge >= 0.3 is 0 Å². The van der Waals surface area contributed by atoms with Crippen LogP contribution in [-0.4, -0.2) is 45.0 Å². The molecule has 1 fully saturated rings. The standard InChI is InChI=1S/C29H39N5O2/c1-5-34(6-2)23-11-15-29(36,16-12-23)21-7-8-25(33-27(35)26-31-19-22(18-30)32-26)24(17-21)20-9-13-28(3,4)14-10-20/h7-9,17,19,23,36H,5-6,10-16H2,1-4H3,(H,31,32)(H,33,35). The van der Waals surface area contributed by atoms with Gasteiger partial charge < -0.3 is 20.3 Å². The lowest BCUT2D eigenvalue weighted by atomic mass is 9.74. The number of aromatic nitrogens is 2. The van der Waals surface area contributed by atoms with Gasteiger partial charge in [0, 0.05) is 17.3 Å². The molecule has 2 aromatic rings. The van der Waals surface area contributed by atoms with Crippen LogP contribution in [0.25, 0.3) is 5.57 Å². The number of nitrogens with zero attached hydrogens (tertiary/aromatic N) is 3. The lowest BCUT2D eigenvalue weighted by Gasteiger charge is -2.41. The maximum atomic E-state index is 12.9. The Hall–Kier alpha value is -2.95. The zero-order valence-electron chi connectivity index (χ0n) is 22.0. The summed E-state index contributed by atoms with van der Waals surface area (Å²) in [6.45, 7) is 11.0. The highest BCUT2D eigenvalue weighted by Crippen LogP contribution is 2.43. The SMILES string of the molecule is CCN(CC)C1CCC(O)(c2ccc(NC(=O)c3ncc(C#N)[nH]3)c(C3=CCC(C)(C)CC3)c2)CC1. The Kier molecular flexibility index (Phi) is 7.67. The van der Waals surface area contributed by atoms with Crippen molar-refractivity contribution >= 4 is 17.2 Å². The number of carbonyl (C=O) groups is 1. The molecule has 2 aliphatic carbocycles. The van der Waals surface area contributed by atoms with Gasteiger partial charge in [-0.15, -0.1) is 0 Å². The molecule has 7 heteroatoms. The van der Waals surface area contributed by atoms with Crippen molar-refractivity contribution in [2.45, 2.75) is 84.3 Å². The largest absolute Gasteiger partial charge is 0.385 e. The molecule has 0 spiro atoms. The van der Waals surface area contributed by atoms with Crippen molar-refractivity contribution in [1.82, 2.24) is 14.9 Å². The summed E-state index contributed by atoms with van der Waals surface area (Å²) < 4.78 is 0. The number of imidazole rings is 1. The van der Waals surface area contributed by atoms with Crippen LogP contribution in [0.5, 0.6) is 0 Å². The molecular weight excluding hydrogens is 450 g/mol. The highest BCUT2D eigenvalue weighted by molar-refractivity contribution is 6.03. The minimum absolute atomic E-state index is 0.105. The number of hydrogen-bond donors (Lipinski definition) is 3. The molecule has 0 radical (unpaired) electrons. The Morgan fingerprint density at radius 2 is 1.97 bits per heavy atom. The quantitative estimate of drug-likeness (QED) is 0.470. The van der Waals surface area contributed by atoms with Crippen LogP contribution in [0.4, 0.5) is 5.69 Å². The fraction of sp³-hybridized carbons (Fsp3) is 0.552. The minimum atomic E-state index is -0.863. The zero-order chi connectivity index (χ0) is 25.9. The summed E-state index contributed by atoms with van der Waals surface area (Å²) in [6.07, 6.45) is 10.0. The molecule has 192 valence electrons. The van der Waals surface area contributed by atoms with E-state index >= 15 is 0 Å². The van der Waals surface area contributed by atoms with Gasteiger partial charge in [0.1, 0.15) is 11.8 Å². The molecule has 36 heavy (non-hydrogen) atoms. The Morgan fingerprint density at radius 3 is 2.56 bits per heavy atom. The molecule has 1 saturated carbocycles. The van der Waals surface area contributed by atoms with Crippen LogP contribution >= 0.6 is 0 Å². The molecule has 4 rings (SSSR count). The molecule has 7 nitrogen and oxygen atoms in total. The number of anilines is 1. The van der Waals surface area contributed by atoms with E-state index in [-0.39, 0.29) is 22.8 Å². The van der Waals surface area contributed by atoms with Gasteiger partial charge in [0.2, 0.25) is 0 Å². The summed E-state index contributed by atoms with van der Waals surface area (Å²) in [6, 6.07) is 8.43. The highest BCUT2D eigenvalue weighted by Gasteiger charge is 2.37. The number of amides is 1. The van der Waals surface area contributed by atoms with Gasteiger partial charge in [0.25, 0.3) is 5.91 Å². The third kappa shape index (κ3) is 5.55. The zero-order valence-corrected chi connectivity index (χ0v) is 22.0. The number of rotatable bonds is 7. The average molecular weight is 490 g/mol. The van der Waals surface area contributed by atoms with Crippen LogP contribution in [0.2, 0.25) is 0 Å². The molecule has 1 aromatic heterocycles. The van der Waals surface area contributed by atoms with Crippen LogP contribution < -0.4 is 5.32 Å². The van der Waals surface area contributed by atoms with Gasteiger partial charge in [-0.05, 0) is 86.7 Å². The molecule has 0 bridgehead atoms. The normalized spacial score (nSPS) is 23.7. The van der Waals surface area contributed by atoms with E-state index in [1.54, 1.807) is 0 Å². The Labute approximate surface area is 214 Å². The van der Waals surface area contributed by atoms with E-state index in [1.165, 1.54) is 11.8 Å². The molecule has 0 atom stereocenters. The maximum absolute atomic E-state index is 12.9. The fourth-order valence-electron chi connectivity index (χ4n) is 5.68. The number of aliphatic hydroxyl groups is 1. The first-order valence-corrected chi connectivity index (χ1v) is 13.2. The molecule has 1 heterocycles. The molecule has 1 amide bonds. The molecule has 0 aliphatic heterocycles. The van der Waals surface area contributed by atoms with Crippen molar-refractivity contribution < 1.29 is 9.90 Å². The first-order valence-electron chi connectivity index (χ1n) is 13.2. The number of aromatic amines is 1. The van der Waals surface area contributed by atoms with Gasteiger partial charge in [0.15, 0.2) is 5.82 Å². The lowest BCUT2D eigenvalue weighted by Crippen LogP contribution is -2.42. The Balaban J connectivity index is 1.63. The number of nitriles is 1. The monoisotopic (exact) mass is 489 g/mol. The summed E-state index contributed by atoms with van der Waals surface area (Å²) in [5.41, 5.74) is 3.42. The Morgan fingerprint density at radius 1 is 1.25 bits per heavy atom. The van der Waals surface area contributed by atoms with Gasteiger partial charge in [-0.2, -0.15) is 5.26 Å². The molecule has 3 N–H and O–H groups in total. The Bertz CT molecular complexity index is 1160. The van der Waals surface area contributed by atoms with Crippen molar-refractivity contribution in [3.8, 4) is 6.07 Å². The van der Waals surface area contributed by atoms with Crippen LogP contribution in [-0.2, 0) is 5.60 Å². The van der Waals surface area contributed by atoms with Crippen LogP contribution in [0, 0.1) is 16.7 Å². The first-order chi connectivity index (χ1) is 17.2. The third-order valence-electron chi connectivity index (χ3n) is 8.15. The van der Waals surface area contributed by atoms with E-state index in [0.29, 0.717) is 11.7 Å². The fourth-order valence-corrected chi connectivity index (χ4v) is 5.68. The van der Waals surface area contributed by atoms with Gasteiger partial charge in [-0.25, -0.2) is 4.98 Å². The molecule has 2 aliphatic rings. The first kappa shape index (κ1) is 26.1. The van der Waals surface area contributed by atoms with E-state index < -0.39 is 5.60 Å². The number of carbonyl (C=O) groups excluding carboxylic acids is 1. The number of allylic oxidation sites excluding steroid dienone is 2. The van der Waals surface area contributed by atoms with E-state index in [1.807, 2.05) is 18.2 Å². The third-order valence-corrected chi connectivity index (χ3v) is 8.15. The van der Waals surface area contributed by atoms with Crippen molar-refractivity contribution in [3.05, 3.63) is 53.1 Å². The van der Waals surface area contributed by atoms with Crippen molar-refractivity contribution in [2.75, 3.05) is 18.4 Å². The number of H-pyrrole nitrogens is 1. The summed E-state index contributed by atoms with van der Waals surface area (Å²) >= 11 is 0. The second kappa shape index (κ2) is 10.6. The topological polar surface area (TPSA) is 105 Å². The van der Waals surface area contributed by atoms with E-state index in [0.717, 1.165) is 69.2 Å². The highest BCUT2D eigenvalue weighted by atomic mass is 16.3. The van der Waals surface area contributed by atoms with Gasteiger partial charge in [-0.1, -0.05) is 39.8 Å². The summed E-state index contributed by atoms with van der Waals surface area (Å²) in [7, 11) is 0. The van der Waals surface area contributed by atoms with Crippen LogP contribution in [0.3, 0.4) is 0 Å². The summed E-state index contributed by atoms with van der Waals surface area (Å²) in [5.74, 6) is -0.283. The van der Waals surface area contributed by atoms with E-state index in [4.69, 9.17) is 5.26 Å². The lowest BCUT2D eigenvalue weighted by molar-refractivity contribution is -0.0238. The van der Waals surface area contributed by atoms with Crippen molar-refractivity contribution in [1.29, 1.82) is 5.26 Å². The number of nitrogens with one attached hydrogen (secondary N) is 2. The van der Waals surface area contributed by atoms with Crippen LogP contribution in [0.1, 0.15) is 100 Å². The van der Waals surface area contributed by atoms with E-state index in [2.05, 4.69) is 60.0 Å². The average Bonchev–Trinajstić information content (AvgIpc) is 3.36. The smallest absolute Gasteiger partial charge is 0.291 e. The number of hydrogen-bond acceptors (Lipinski definition) is 5. The molecule has 0 saturated heterocycles. The van der Waals surface area contributed by atoms with Gasteiger partial charge in [-0.3, -0.25) is 4.79 Å². The van der Waals surface area contributed by atoms with E-state index in [9.17, 15) is 9.90 Å². The van der Waals surface area contributed by atoms with Crippen molar-refractivity contribution in [2.24, 2.45) is 5.41 Å². The van der Waals surface area contributed by atoms with Gasteiger partial charge in [0.05, 0.1) is 11.8 Å². The predicted octanol–water partition coefficient (Wildman–Crippen LogP) is 5.60. The molecule has 0 unspecified atom stereocenters. The molecule has 1 aromatic carbocycles. The summed E-state index contributed by atoms with van der Waals surface area (Å²) in [5, 5.41) is 23.7. The molecular formula is C29H39N5O2. The second-order valence-electron chi connectivity index (χ2n) is 11.1. The number of benzene rings is 1. The second-order valence-corrected chi connectivity index (χ2v) is 11.1. The maximum Gasteiger partial charge on any atom is 0.291 e. The summed E-state index contributed by atoms with van der Waals surface area (Å²) in [4.78, 5) is 22.2. The van der Waals surface area contributed by atoms with Crippen LogP contribution in [0.15, 0.2) is 30.5 Å². The predicted molar refractivity (Wildman–Crippen MR) is 142 cm³/mol. The van der Waals surface area contributed by atoms with Crippen molar-refractivity contribution in [3.63, 3.8) is 0 Å².